The van der Waals surface area contributed by atoms with E-state index in [1.807, 2.05) is 0 Å². The Hall–Kier alpha value is -1.37. The van der Waals surface area contributed by atoms with Crippen LogP contribution in [0.1, 0.15) is 0 Å². The Balaban J connectivity index is 2.92. The number of aromatic amines is 1. The minimum absolute atomic E-state index is 0.114. The van der Waals surface area contributed by atoms with E-state index in [2.05, 4.69) is 4.98 Å². The highest BCUT2D eigenvalue weighted by atomic mass is 35.5. The van der Waals surface area contributed by atoms with Gasteiger partial charge in [-0.2, -0.15) is 8.42 Å². The molecular weight excluding hydrogens is 254 g/mol. The SMILES string of the molecule is O=c1[nH]cc(Cl)c2ccc(S(=O)(=O)O)cc12. The molecule has 0 radical (unpaired) electrons. The molecule has 0 fully saturated rings. The molecular formula is C9H6ClNO4S. The van der Waals surface area contributed by atoms with Crippen LogP contribution in [0.25, 0.3) is 10.8 Å². The van der Waals surface area contributed by atoms with Gasteiger partial charge in [0.15, 0.2) is 0 Å². The Kier molecular flexibility index (Phi) is 2.49. The number of aromatic nitrogens is 1. The summed E-state index contributed by atoms with van der Waals surface area (Å²) in [4.78, 5) is 13.4. The molecule has 5 nitrogen and oxygen atoms in total. The number of nitrogens with one attached hydrogen (secondary N) is 1. The first kappa shape index (κ1) is 11.1. The number of pyridine rings is 1. The van der Waals surface area contributed by atoms with E-state index < -0.39 is 15.7 Å². The summed E-state index contributed by atoms with van der Waals surface area (Å²) < 4.78 is 30.6. The number of hydrogen-bond donors (Lipinski definition) is 2. The standard InChI is InChI=1S/C9H6ClNO4S/c10-8-4-11-9(12)7-3-5(16(13,14)15)1-2-6(7)8/h1-4H,(H,11,12)(H,13,14,15). The summed E-state index contributed by atoms with van der Waals surface area (Å²) in [6.45, 7) is 0. The van der Waals surface area contributed by atoms with Gasteiger partial charge in [-0.3, -0.25) is 9.35 Å². The van der Waals surface area contributed by atoms with Gasteiger partial charge in [0, 0.05) is 17.0 Å². The fourth-order valence-corrected chi connectivity index (χ4v) is 2.09. The van der Waals surface area contributed by atoms with Crippen molar-refractivity contribution < 1.29 is 13.0 Å². The summed E-state index contributed by atoms with van der Waals surface area (Å²) in [6, 6.07) is 3.63. The van der Waals surface area contributed by atoms with E-state index >= 15 is 0 Å². The largest absolute Gasteiger partial charge is 0.327 e. The Morgan fingerprint density at radius 3 is 2.56 bits per heavy atom. The van der Waals surface area contributed by atoms with Gasteiger partial charge in [0.1, 0.15) is 0 Å². The summed E-state index contributed by atoms with van der Waals surface area (Å²) in [6.07, 6.45) is 1.32. The topological polar surface area (TPSA) is 87.2 Å². The molecule has 0 unspecified atom stereocenters. The highest BCUT2D eigenvalue weighted by molar-refractivity contribution is 7.85. The molecule has 2 aromatic rings. The van der Waals surface area contributed by atoms with Crippen molar-refractivity contribution in [2.45, 2.75) is 4.90 Å². The van der Waals surface area contributed by atoms with E-state index in [0.717, 1.165) is 6.07 Å². The second-order valence-corrected chi connectivity index (χ2v) is 4.98. The molecule has 1 aromatic heterocycles. The van der Waals surface area contributed by atoms with E-state index in [-0.39, 0.29) is 10.3 Å². The van der Waals surface area contributed by atoms with Crippen LogP contribution in [-0.4, -0.2) is 18.0 Å². The summed E-state index contributed by atoms with van der Waals surface area (Å²) in [5.41, 5.74) is -0.468. The van der Waals surface area contributed by atoms with Crippen molar-refractivity contribution in [3.05, 3.63) is 39.8 Å². The molecule has 0 aliphatic heterocycles. The van der Waals surface area contributed by atoms with Gasteiger partial charge in [0.05, 0.1) is 9.92 Å². The van der Waals surface area contributed by atoms with Crippen molar-refractivity contribution in [1.29, 1.82) is 0 Å². The minimum atomic E-state index is -4.32. The summed E-state index contributed by atoms with van der Waals surface area (Å²) in [5, 5.41) is 0.844. The molecule has 0 aliphatic carbocycles. The fourth-order valence-electron chi connectivity index (χ4n) is 1.36. The van der Waals surface area contributed by atoms with Crippen molar-refractivity contribution in [3.8, 4) is 0 Å². The third-order valence-corrected chi connectivity index (χ3v) is 3.28. The molecule has 2 N–H and O–H groups in total. The van der Waals surface area contributed by atoms with E-state index in [1.165, 1.54) is 18.3 Å². The fraction of sp³-hybridized carbons (Fsp3) is 0. The molecule has 0 atom stereocenters. The van der Waals surface area contributed by atoms with Gasteiger partial charge >= 0.3 is 0 Å². The number of H-pyrrole nitrogens is 1. The molecule has 0 spiro atoms. The molecule has 2 rings (SSSR count). The van der Waals surface area contributed by atoms with Crippen molar-refractivity contribution >= 4 is 32.5 Å². The molecule has 0 saturated carbocycles. The third-order valence-electron chi connectivity index (χ3n) is 2.12. The van der Waals surface area contributed by atoms with Crippen LogP contribution in [0, 0.1) is 0 Å². The van der Waals surface area contributed by atoms with Crippen LogP contribution in [0.3, 0.4) is 0 Å². The number of benzene rings is 1. The van der Waals surface area contributed by atoms with E-state index in [4.69, 9.17) is 16.2 Å². The van der Waals surface area contributed by atoms with Crippen molar-refractivity contribution in [2.75, 3.05) is 0 Å². The number of fused-ring (bicyclic) bond motifs is 1. The van der Waals surface area contributed by atoms with Gasteiger partial charge in [-0.1, -0.05) is 17.7 Å². The monoisotopic (exact) mass is 259 g/mol. The zero-order valence-corrected chi connectivity index (χ0v) is 9.34. The van der Waals surface area contributed by atoms with Crippen molar-refractivity contribution in [1.82, 2.24) is 4.98 Å². The maximum Gasteiger partial charge on any atom is 0.294 e. The summed E-state index contributed by atoms with van der Waals surface area (Å²) >= 11 is 5.81. The Morgan fingerprint density at radius 1 is 1.25 bits per heavy atom. The quantitative estimate of drug-likeness (QED) is 0.759. The molecule has 0 aliphatic rings. The van der Waals surface area contributed by atoms with Gasteiger partial charge in [0.25, 0.3) is 15.7 Å². The predicted molar refractivity (Wildman–Crippen MR) is 59.4 cm³/mol. The van der Waals surface area contributed by atoms with Gasteiger partial charge in [-0.05, 0) is 12.1 Å². The normalized spacial score (nSPS) is 11.9. The van der Waals surface area contributed by atoms with Gasteiger partial charge in [-0.25, -0.2) is 0 Å². The van der Waals surface area contributed by atoms with Crippen LogP contribution < -0.4 is 5.56 Å². The molecule has 1 aromatic carbocycles. The highest BCUT2D eigenvalue weighted by Gasteiger charge is 2.12. The molecule has 1 heterocycles. The zero-order valence-electron chi connectivity index (χ0n) is 7.77. The van der Waals surface area contributed by atoms with Gasteiger partial charge in [0.2, 0.25) is 0 Å². The van der Waals surface area contributed by atoms with E-state index in [9.17, 15) is 13.2 Å². The maximum absolute atomic E-state index is 11.4. The maximum atomic E-state index is 11.4. The minimum Gasteiger partial charge on any atom is -0.327 e. The van der Waals surface area contributed by atoms with Crippen LogP contribution in [-0.2, 0) is 10.1 Å². The smallest absolute Gasteiger partial charge is 0.294 e. The van der Waals surface area contributed by atoms with Gasteiger partial charge < -0.3 is 4.98 Å². The van der Waals surface area contributed by atoms with Crippen molar-refractivity contribution in [3.63, 3.8) is 0 Å². The number of rotatable bonds is 1. The highest BCUT2D eigenvalue weighted by Crippen LogP contribution is 2.22. The molecule has 7 heteroatoms. The first-order valence-electron chi connectivity index (χ1n) is 4.18. The third kappa shape index (κ3) is 1.82. The second-order valence-electron chi connectivity index (χ2n) is 3.15. The molecule has 0 saturated heterocycles. The summed E-state index contributed by atoms with van der Waals surface area (Å²) in [5.74, 6) is 0. The van der Waals surface area contributed by atoms with Gasteiger partial charge in [-0.15, -0.1) is 0 Å². The van der Waals surface area contributed by atoms with Crippen LogP contribution in [0.15, 0.2) is 34.1 Å². The summed E-state index contributed by atoms with van der Waals surface area (Å²) in [7, 11) is -4.32. The average molecular weight is 260 g/mol. The lowest BCUT2D eigenvalue weighted by molar-refractivity contribution is 0.483. The lowest BCUT2D eigenvalue weighted by Crippen LogP contribution is -2.07. The number of hydrogen-bond acceptors (Lipinski definition) is 3. The van der Waals surface area contributed by atoms with Crippen molar-refractivity contribution in [2.24, 2.45) is 0 Å². The predicted octanol–water partition coefficient (Wildman–Crippen LogP) is 1.43. The van der Waals surface area contributed by atoms with E-state index in [0.29, 0.717) is 10.4 Å². The average Bonchev–Trinajstić information content (AvgIpc) is 2.22. The van der Waals surface area contributed by atoms with Crippen LogP contribution in [0.4, 0.5) is 0 Å². The lowest BCUT2D eigenvalue weighted by atomic mass is 10.2. The first-order valence-corrected chi connectivity index (χ1v) is 6.00. The Labute approximate surface area is 95.4 Å². The molecule has 16 heavy (non-hydrogen) atoms. The second kappa shape index (κ2) is 3.58. The Morgan fingerprint density at radius 2 is 1.94 bits per heavy atom. The Bertz CT molecular complexity index is 720. The van der Waals surface area contributed by atoms with Crippen LogP contribution >= 0.6 is 11.6 Å². The molecule has 0 amide bonds. The van der Waals surface area contributed by atoms with Crippen LogP contribution in [0.2, 0.25) is 5.02 Å². The lowest BCUT2D eigenvalue weighted by Gasteiger charge is -2.01. The zero-order chi connectivity index (χ0) is 11.9. The molecule has 0 bridgehead atoms. The van der Waals surface area contributed by atoms with E-state index in [1.54, 1.807) is 0 Å². The van der Waals surface area contributed by atoms with Crippen LogP contribution in [0.5, 0.6) is 0 Å². The molecule has 84 valence electrons. The first-order chi connectivity index (χ1) is 7.39. The number of halogens is 1.